The van der Waals surface area contributed by atoms with Crippen molar-refractivity contribution in [2.75, 3.05) is 0 Å². The summed E-state index contributed by atoms with van der Waals surface area (Å²) in [6.45, 7) is 2.31. The predicted molar refractivity (Wildman–Crippen MR) is 55.2 cm³/mol. The van der Waals surface area contributed by atoms with Crippen LogP contribution in [0, 0.1) is 5.92 Å². The maximum absolute atomic E-state index is 4.36. The second kappa shape index (κ2) is 3.73. The van der Waals surface area contributed by atoms with Crippen LogP contribution in [0.4, 0.5) is 0 Å². The van der Waals surface area contributed by atoms with Gasteiger partial charge in [0.15, 0.2) is 0 Å². The van der Waals surface area contributed by atoms with Gasteiger partial charge in [-0.15, -0.1) is 0 Å². The van der Waals surface area contributed by atoms with Gasteiger partial charge in [0.25, 0.3) is 0 Å². The Morgan fingerprint density at radius 1 is 1.38 bits per heavy atom. The molecule has 0 radical (unpaired) electrons. The first kappa shape index (κ1) is 8.49. The van der Waals surface area contributed by atoms with Gasteiger partial charge in [-0.3, -0.25) is 4.98 Å². The molecule has 0 saturated heterocycles. The van der Waals surface area contributed by atoms with Crippen LogP contribution < -0.4 is 0 Å². The van der Waals surface area contributed by atoms with Gasteiger partial charge >= 0.3 is 0 Å². The Morgan fingerprint density at radius 2 is 2.31 bits per heavy atom. The fourth-order valence-electron chi connectivity index (χ4n) is 1.75. The van der Waals surface area contributed by atoms with Crippen LogP contribution in [0.3, 0.4) is 0 Å². The number of rotatable bonds is 1. The topological polar surface area (TPSA) is 12.9 Å². The van der Waals surface area contributed by atoms with Crippen molar-refractivity contribution in [3.8, 4) is 0 Å². The van der Waals surface area contributed by atoms with Crippen molar-refractivity contribution in [1.82, 2.24) is 4.98 Å². The van der Waals surface area contributed by atoms with E-state index in [2.05, 4.69) is 30.1 Å². The predicted octanol–water partition coefficient (Wildman–Crippen LogP) is 3.29. The zero-order chi connectivity index (χ0) is 9.10. The van der Waals surface area contributed by atoms with Crippen molar-refractivity contribution in [3.05, 3.63) is 36.2 Å². The van der Waals surface area contributed by atoms with E-state index in [4.69, 9.17) is 0 Å². The molecule has 0 saturated carbocycles. The summed E-state index contributed by atoms with van der Waals surface area (Å²) < 4.78 is 0. The lowest BCUT2D eigenvalue weighted by Crippen LogP contribution is -2.01. The summed E-state index contributed by atoms with van der Waals surface area (Å²) in [4.78, 5) is 4.36. The van der Waals surface area contributed by atoms with E-state index in [-0.39, 0.29) is 0 Å². The molecule has 1 aliphatic rings. The van der Waals surface area contributed by atoms with Gasteiger partial charge in [0.05, 0.1) is 5.69 Å². The molecule has 0 aromatic carbocycles. The van der Waals surface area contributed by atoms with E-state index in [1.54, 1.807) is 0 Å². The van der Waals surface area contributed by atoms with Crippen molar-refractivity contribution in [2.45, 2.75) is 26.2 Å². The molecule has 1 nitrogen and oxygen atoms in total. The molecular formula is C12H15N. The summed E-state index contributed by atoms with van der Waals surface area (Å²) in [5.41, 5.74) is 2.59. The van der Waals surface area contributed by atoms with Crippen molar-refractivity contribution in [2.24, 2.45) is 5.92 Å². The molecule has 0 aliphatic heterocycles. The van der Waals surface area contributed by atoms with Gasteiger partial charge in [0.1, 0.15) is 0 Å². The third-order valence-corrected chi connectivity index (χ3v) is 2.67. The Labute approximate surface area is 79.5 Å². The van der Waals surface area contributed by atoms with E-state index in [1.165, 1.54) is 24.8 Å². The van der Waals surface area contributed by atoms with E-state index in [0.717, 1.165) is 11.6 Å². The number of nitrogens with zero attached hydrogens (tertiary/aromatic N) is 1. The summed E-state index contributed by atoms with van der Waals surface area (Å²) in [5, 5.41) is 0. The standard InChI is InChI=1S/C12H15N/c1-10-5-7-11(8-6-10)12-4-2-3-9-13-12/h2-4,7,9-10H,5-6,8H2,1H3. The van der Waals surface area contributed by atoms with Crippen molar-refractivity contribution < 1.29 is 0 Å². The lowest BCUT2D eigenvalue weighted by atomic mass is 9.89. The minimum atomic E-state index is 0.854. The summed E-state index contributed by atoms with van der Waals surface area (Å²) in [6, 6.07) is 6.12. The number of hydrogen-bond acceptors (Lipinski definition) is 1. The number of hydrogen-bond donors (Lipinski definition) is 0. The molecular weight excluding hydrogens is 158 g/mol. The Morgan fingerprint density at radius 3 is 2.92 bits per heavy atom. The van der Waals surface area contributed by atoms with Crippen molar-refractivity contribution in [1.29, 1.82) is 0 Å². The third-order valence-electron chi connectivity index (χ3n) is 2.67. The summed E-state index contributed by atoms with van der Waals surface area (Å²) in [6.07, 6.45) is 7.93. The van der Waals surface area contributed by atoms with Crippen molar-refractivity contribution >= 4 is 5.57 Å². The molecule has 13 heavy (non-hydrogen) atoms. The van der Waals surface area contributed by atoms with Crippen LogP contribution in [-0.2, 0) is 0 Å². The van der Waals surface area contributed by atoms with Gasteiger partial charge in [0.2, 0.25) is 0 Å². The minimum absolute atomic E-state index is 0.854. The summed E-state index contributed by atoms with van der Waals surface area (Å²) in [5.74, 6) is 0.854. The van der Waals surface area contributed by atoms with E-state index >= 15 is 0 Å². The zero-order valence-corrected chi connectivity index (χ0v) is 8.03. The molecule has 1 heteroatoms. The quantitative estimate of drug-likeness (QED) is 0.635. The first-order valence-corrected chi connectivity index (χ1v) is 4.96. The van der Waals surface area contributed by atoms with E-state index in [0.29, 0.717) is 0 Å². The van der Waals surface area contributed by atoms with Gasteiger partial charge in [-0.2, -0.15) is 0 Å². The smallest absolute Gasteiger partial charge is 0.0658 e. The minimum Gasteiger partial charge on any atom is -0.257 e. The second-order valence-corrected chi connectivity index (χ2v) is 3.82. The SMILES string of the molecule is CC1CC=C(c2ccccn2)CC1. The van der Waals surface area contributed by atoms with Crippen LogP contribution in [-0.4, -0.2) is 4.98 Å². The van der Waals surface area contributed by atoms with Gasteiger partial charge in [-0.1, -0.05) is 19.1 Å². The van der Waals surface area contributed by atoms with Gasteiger partial charge in [-0.05, 0) is 42.9 Å². The zero-order valence-electron chi connectivity index (χ0n) is 8.03. The Kier molecular flexibility index (Phi) is 2.44. The van der Waals surface area contributed by atoms with Gasteiger partial charge in [-0.25, -0.2) is 0 Å². The fourth-order valence-corrected chi connectivity index (χ4v) is 1.75. The summed E-state index contributed by atoms with van der Waals surface area (Å²) in [7, 11) is 0. The molecule has 1 unspecified atom stereocenters. The van der Waals surface area contributed by atoms with E-state index in [1.807, 2.05) is 12.3 Å². The van der Waals surface area contributed by atoms with Crippen LogP contribution in [0.5, 0.6) is 0 Å². The molecule has 0 fully saturated rings. The highest BCUT2D eigenvalue weighted by atomic mass is 14.7. The molecule has 1 atom stereocenters. The second-order valence-electron chi connectivity index (χ2n) is 3.82. The van der Waals surface area contributed by atoms with E-state index < -0.39 is 0 Å². The fraction of sp³-hybridized carbons (Fsp3) is 0.417. The molecule has 1 heterocycles. The van der Waals surface area contributed by atoms with Crippen LogP contribution in [0.2, 0.25) is 0 Å². The average Bonchev–Trinajstić information content (AvgIpc) is 2.20. The largest absolute Gasteiger partial charge is 0.257 e. The molecule has 1 aliphatic carbocycles. The molecule has 0 spiro atoms. The van der Waals surface area contributed by atoms with Gasteiger partial charge < -0.3 is 0 Å². The first-order chi connectivity index (χ1) is 6.36. The number of pyridine rings is 1. The molecule has 68 valence electrons. The van der Waals surface area contributed by atoms with Crippen LogP contribution in [0.1, 0.15) is 31.9 Å². The van der Waals surface area contributed by atoms with Crippen LogP contribution in [0.15, 0.2) is 30.5 Å². The maximum atomic E-state index is 4.36. The first-order valence-electron chi connectivity index (χ1n) is 4.96. The number of allylic oxidation sites excluding steroid dienone is 2. The van der Waals surface area contributed by atoms with Gasteiger partial charge in [0, 0.05) is 6.20 Å². The van der Waals surface area contributed by atoms with E-state index in [9.17, 15) is 0 Å². The van der Waals surface area contributed by atoms with Crippen LogP contribution in [0.25, 0.3) is 5.57 Å². The molecule has 2 rings (SSSR count). The highest BCUT2D eigenvalue weighted by molar-refractivity contribution is 5.62. The summed E-state index contributed by atoms with van der Waals surface area (Å²) >= 11 is 0. The lowest BCUT2D eigenvalue weighted by Gasteiger charge is -2.17. The molecule has 1 aromatic heterocycles. The highest BCUT2D eigenvalue weighted by Gasteiger charge is 2.11. The normalized spacial score (nSPS) is 22.5. The molecule has 0 N–H and O–H groups in total. The monoisotopic (exact) mass is 173 g/mol. The highest BCUT2D eigenvalue weighted by Crippen LogP contribution is 2.28. The molecule has 0 bridgehead atoms. The third kappa shape index (κ3) is 1.97. The molecule has 0 amide bonds. The Balaban J connectivity index is 2.19. The average molecular weight is 173 g/mol. The Bertz CT molecular complexity index is 300. The molecule has 1 aromatic rings. The number of aromatic nitrogens is 1. The lowest BCUT2D eigenvalue weighted by molar-refractivity contribution is 0.533. The maximum Gasteiger partial charge on any atom is 0.0658 e. The van der Waals surface area contributed by atoms with Crippen LogP contribution >= 0.6 is 0 Å². The Hall–Kier alpha value is -1.11. The van der Waals surface area contributed by atoms with Crippen molar-refractivity contribution in [3.63, 3.8) is 0 Å².